The highest BCUT2D eigenvalue weighted by molar-refractivity contribution is 5.72. The number of ether oxygens (including phenoxy) is 1. The first-order chi connectivity index (χ1) is 13.5. The van der Waals surface area contributed by atoms with E-state index in [1.54, 1.807) is 43.3 Å². The van der Waals surface area contributed by atoms with E-state index in [2.05, 4.69) is 0 Å². The van der Waals surface area contributed by atoms with Gasteiger partial charge < -0.3 is 9.84 Å². The van der Waals surface area contributed by atoms with E-state index in [0.717, 1.165) is 11.6 Å². The van der Waals surface area contributed by atoms with Gasteiger partial charge in [0, 0.05) is 29.4 Å². The zero-order chi connectivity index (χ0) is 20.1. The molecule has 0 radical (unpaired) electrons. The van der Waals surface area contributed by atoms with Gasteiger partial charge >= 0.3 is 0 Å². The molecule has 0 aliphatic heterocycles. The van der Waals surface area contributed by atoms with E-state index in [1.165, 1.54) is 24.3 Å². The van der Waals surface area contributed by atoms with E-state index >= 15 is 0 Å². The van der Waals surface area contributed by atoms with Crippen LogP contribution < -0.4 is 0 Å². The number of benzene rings is 3. The van der Waals surface area contributed by atoms with Crippen molar-refractivity contribution in [2.45, 2.75) is 13.5 Å². The monoisotopic (exact) mass is 384 g/mol. The summed E-state index contributed by atoms with van der Waals surface area (Å²) in [5.74, 6) is -2.48. The van der Waals surface area contributed by atoms with Gasteiger partial charge in [-0.25, -0.2) is 13.2 Å². The van der Waals surface area contributed by atoms with Crippen LogP contribution in [0.4, 0.5) is 13.2 Å². The average Bonchev–Trinajstić information content (AvgIpc) is 2.69. The van der Waals surface area contributed by atoms with Crippen molar-refractivity contribution in [1.29, 1.82) is 0 Å². The van der Waals surface area contributed by atoms with Gasteiger partial charge in [0.15, 0.2) is 11.6 Å². The maximum absolute atomic E-state index is 14.4. The lowest BCUT2D eigenvalue weighted by Crippen LogP contribution is -2.00. The minimum Gasteiger partial charge on any atom is -0.508 e. The maximum atomic E-state index is 14.4. The molecule has 3 aromatic carbocycles. The fourth-order valence-corrected chi connectivity index (χ4v) is 2.75. The van der Waals surface area contributed by atoms with Crippen LogP contribution in [0, 0.1) is 17.5 Å². The van der Waals surface area contributed by atoms with Gasteiger partial charge in [0.25, 0.3) is 0 Å². The van der Waals surface area contributed by atoms with Crippen LogP contribution >= 0.6 is 0 Å². The predicted octanol–water partition coefficient (Wildman–Crippen LogP) is 6.18. The first-order valence-electron chi connectivity index (χ1n) is 8.81. The van der Waals surface area contributed by atoms with E-state index in [4.69, 9.17) is 4.74 Å². The summed E-state index contributed by atoms with van der Waals surface area (Å²) < 4.78 is 47.5. The van der Waals surface area contributed by atoms with Crippen LogP contribution in [-0.4, -0.2) is 11.7 Å². The zero-order valence-electron chi connectivity index (χ0n) is 15.3. The molecule has 1 N–H and O–H groups in total. The average molecular weight is 384 g/mol. The summed E-state index contributed by atoms with van der Waals surface area (Å²) >= 11 is 0. The van der Waals surface area contributed by atoms with Gasteiger partial charge in [-0.15, -0.1) is 0 Å². The highest BCUT2D eigenvalue weighted by Crippen LogP contribution is 2.27. The molecular formula is C23H19F3O2. The van der Waals surface area contributed by atoms with Crippen molar-refractivity contribution >= 4 is 12.2 Å². The van der Waals surface area contributed by atoms with Crippen molar-refractivity contribution in [3.05, 3.63) is 88.7 Å². The fraction of sp³-hybridized carbons (Fsp3) is 0.130. The van der Waals surface area contributed by atoms with E-state index in [9.17, 15) is 18.3 Å². The summed E-state index contributed by atoms with van der Waals surface area (Å²) in [6, 6.07) is 13.8. The van der Waals surface area contributed by atoms with E-state index < -0.39 is 17.5 Å². The number of rotatable bonds is 6. The third kappa shape index (κ3) is 4.43. The summed E-state index contributed by atoms with van der Waals surface area (Å²) in [6.07, 6.45) is 3.27. The Kier molecular flexibility index (Phi) is 6.16. The number of aromatic hydroxyl groups is 1. The van der Waals surface area contributed by atoms with Gasteiger partial charge in [-0.2, -0.15) is 0 Å². The molecule has 0 aromatic heterocycles. The van der Waals surface area contributed by atoms with Crippen molar-refractivity contribution in [1.82, 2.24) is 0 Å². The van der Waals surface area contributed by atoms with Crippen molar-refractivity contribution < 1.29 is 23.0 Å². The number of hydrogen-bond acceptors (Lipinski definition) is 2. The summed E-state index contributed by atoms with van der Waals surface area (Å²) in [4.78, 5) is 0. The van der Waals surface area contributed by atoms with Crippen molar-refractivity contribution in [3.8, 4) is 16.9 Å². The smallest absolute Gasteiger partial charge is 0.167 e. The van der Waals surface area contributed by atoms with Crippen molar-refractivity contribution in [3.63, 3.8) is 0 Å². The standard InChI is InChI=1S/C23H19F3O2/c1-2-28-14-18-10-12-20(23(26)22(18)25)16-6-3-15(4-7-16)5-8-17-9-11-19(27)13-21(17)24/h3-13,27H,2,14H2,1H3/b8-5+. The third-order valence-corrected chi connectivity index (χ3v) is 4.29. The molecule has 2 nitrogen and oxygen atoms in total. The number of phenols is 1. The van der Waals surface area contributed by atoms with Gasteiger partial charge in [0.05, 0.1) is 6.61 Å². The molecule has 0 saturated carbocycles. The van der Waals surface area contributed by atoms with Gasteiger partial charge in [-0.05, 0) is 30.2 Å². The Morgan fingerprint density at radius 1 is 0.893 bits per heavy atom. The maximum Gasteiger partial charge on any atom is 0.167 e. The molecule has 0 amide bonds. The zero-order valence-corrected chi connectivity index (χ0v) is 15.3. The summed E-state index contributed by atoms with van der Waals surface area (Å²) in [7, 11) is 0. The number of hydrogen-bond donors (Lipinski definition) is 1. The normalized spacial score (nSPS) is 11.3. The first-order valence-corrected chi connectivity index (χ1v) is 8.81. The molecule has 3 aromatic rings. The van der Waals surface area contributed by atoms with E-state index in [1.807, 2.05) is 0 Å². The molecular weight excluding hydrogens is 365 g/mol. The Morgan fingerprint density at radius 2 is 1.64 bits per heavy atom. The quantitative estimate of drug-likeness (QED) is 0.514. The van der Waals surface area contributed by atoms with E-state index in [-0.39, 0.29) is 23.5 Å². The van der Waals surface area contributed by atoms with Crippen LogP contribution in [0.5, 0.6) is 5.75 Å². The minimum absolute atomic E-state index is 0.0249. The van der Waals surface area contributed by atoms with Crippen LogP contribution in [0.1, 0.15) is 23.6 Å². The predicted molar refractivity (Wildman–Crippen MR) is 104 cm³/mol. The molecule has 3 rings (SSSR count). The molecule has 0 saturated heterocycles. The lowest BCUT2D eigenvalue weighted by Gasteiger charge is -2.09. The van der Waals surface area contributed by atoms with Gasteiger partial charge in [-0.3, -0.25) is 0 Å². The highest BCUT2D eigenvalue weighted by Gasteiger charge is 2.14. The van der Waals surface area contributed by atoms with Gasteiger partial charge in [0.1, 0.15) is 11.6 Å². The Labute approximate surface area is 161 Å². The number of halogens is 3. The Hall–Kier alpha value is -3.05. The van der Waals surface area contributed by atoms with Crippen LogP contribution in [-0.2, 0) is 11.3 Å². The molecule has 0 aliphatic rings. The second-order valence-electron chi connectivity index (χ2n) is 6.20. The lowest BCUT2D eigenvalue weighted by molar-refractivity contribution is 0.131. The summed E-state index contributed by atoms with van der Waals surface area (Å²) in [5.41, 5.74) is 1.98. The molecule has 0 fully saturated rings. The summed E-state index contributed by atoms with van der Waals surface area (Å²) in [5, 5.41) is 9.23. The molecule has 5 heteroatoms. The van der Waals surface area contributed by atoms with Crippen LogP contribution in [0.25, 0.3) is 23.3 Å². The molecule has 0 atom stereocenters. The lowest BCUT2D eigenvalue weighted by atomic mass is 10.0. The highest BCUT2D eigenvalue weighted by atomic mass is 19.2. The first kappa shape index (κ1) is 19.7. The number of phenolic OH excluding ortho intramolecular Hbond substituents is 1. The second-order valence-corrected chi connectivity index (χ2v) is 6.20. The second kappa shape index (κ2) is 8.76. The van der Waals surface area contributed by atoms with Crippen molar-refractivity contribution in [2.75, 3.05) is 6.61 Å². The molecule has 28 heavy (non-hydrogen) atoms. The van der Waals surface area contributed by atoms with Gasteiger partial charge in [0.2, 0.25) is 0 Å². The van der Waals surface area contributed by atoms with E-state index in [0.29, 0.717) is 17.7 Å². The molecule has 144 valence electrons. The topological polar surface area (TPSA) is 29.5 Å². The fourth-order valence-electron chi connectivity index (χ4n) is 2.75. The largest absolute Gasteiger partial charge is 0.508 e. The van der Waals surface area contributed by atoms with Crippen LogP contribution in [0.3, 0.4) is 0 Å². The van der Waals surface area contributed by atoms with Crippen LogP contribution in [0.2, 0.25) is 0 Å². The molecule has 0 spiro atoms. The SMILES string of the molecule is CCOCc1ccc(-c2ccc(/C=C/c3ccc(O)cc3F)cc2)c(F)c1F. The summed E-state index contributed by atoms with van der Waals surface area (Å²) in [6.45, 7) is 2.23. The molecule has 0 aliphatic carbocycles. The Balaban J connectivity index is 1.81. The molecule has 0 heterocycles. The molecule has 0 bridgehead atoms. The minimum atomic E-state index is -0.911. The Bertz CT molecular complexity index is 995. The molecule has 0 unspecified atom stereocenters. The third-order valence-electron chi connectivity index (χ3n) is 4.29. The Morgan fingerprint density at radius 3 is 2.32 bits per heavy atom. The van der Waals surface area contributed by atoms with Crippen molar-refractivity contribution in [2.24, 2.45) is 0 Å². The van der Waals surface area contributed by atoms with Crippen LogP contribution in [0.15, 0.2) is 54.6 Å². The van der Waals surface area contributed by atoms with Gasteiger partial charge in [-0.1, -0.05) is 48.6 Å².